The molecule has 4 aromatic rings. The van der Waals surface area contributed by atoms with Crippen LogP contribution < -0.4 is 10.6 Å². The van der Waals surface area contributed by atoms with Gasteiger partial charge in [0.25, 0.3) is 11.8 Å². The van der Waals surface area contributed by atoms with E-state index in [1.807, 2.05) is 48.2 Å². The zero-order valence-corrected chi connectivity index (χ0v) is 29.2. The van der Waals surface area contributed by atoms with Crippen molar-refractivity contribution in [3.05, 3.63) is 111 Å². The number of anilines is 1. The molecule has 0 fully saturated rings. The molecule has 0 saturated heterocycles. The van der Waals surface area contributed by atoms with Gasteiger partial charge >= 0.3 is 6.03 Å². The fourth-order valence-electron chi connectivity index (χ4n) is 6.07. The summed E-state index contributed by atoms with van der Waals surface area (Å²) in [6.07, 6.45) is 4.28. The highest BCUT2D eigenvalue weighted by molar-refractivity contribution is 6.30. The SMILES string of the molecule is CCCCN(CCCC)C(=O)c1cc(C)n(-c2ccc(NC(=O)NCc3ccc(Cl)cc3)cc2C(=O)N2Cc3ccccc3CC2CO)n1. The van der Waals surface area contributed by atoms with E-state index in [9.17, 15) is 19.5 Å². The van der Waals surface area contributed by atoms with Crippen molar-refractivity contribution in [1.82, 2.24) is 24.9 Å². The fraction of sp³-hybridized carbons (Fsp3) is 0.368. The van der Waals surface area contributed by atoms with Gasteiger partial charge in [0.2, 0.25) is 0 Å². The first-order valence-corrected chi connectivity index (χ1v) is 17.4. The third-order valence-corrected chi connectivity index (χ3v) is 9.12. The van der Waals surface area contributed by atoms with Crippen molar-refractivity contribution in [2.75, 3.05) is 25.0 Å². The normalized spacial score (nSPS) is 13.9. The number of hydrogen-bond acceptors (Lipinski definition) is 5. The molecule has 258 valence electrons. The summed E-state index contributed by atoms with van der Waals surface area (Å²) in [6, 6.07) is 21.1. The van der Waals surface area contributed by atoms with Crippen LogP contribution in [0.2, 0.25) is 5.02 Å². The number of hydrogen-bond donors (Lipinski definition) is 3. The van der Waals surface area contributed by atoms with Crippen LogP contribution in [0, 0.1) is 6.92 Å². The van der Waals surface area contributed by atoms with Crippen molar-refractivity contribution in [1.29, 1.82) is 0 Å². The number of aliphatic hydroxyl groups excluding tert-OH is 1. The topological polar surface area (TPSA) is 120 Å². The Morgan fingerprint density at radius 3 is 2.33 bits per heavy atom. The van der Waals surface area contributed by atoms with E-state index in [4.69, 9.17) is 16.7 Å². The van der Waals surface area contributed by atoms with Crippen LogP contribution in [0.5, 0.6) is 0 Å². The molecular formula is C38H45ClN6O4. The highest BCUT2D eigenvalue weighted by Crippen LogP contribution is 2.29. The fourth-order valence-corrected chi connectivity index (χ4v) is 6.20. The maximum atomic E-state index is 14.5. The van der Waals surface area contributed by atoms with Gasteiger partial charge in [-0.25, -0.2) is 9.48 Å². The van der Waals surface area contributed by atoms with Gasteiger partial charge in [0.1, 0.15) is 0 Å². The quantitative estimate of drug-likeness (QED) is 0.144. The number of nitrogens with zero attached hydrogens (tertiary/aromatic N) is 4. The van der Waals surface area contributed by atoms with Crippen LogP contribution in [0.1, 0.15) is 82.8 Å². The number of nitrogens with one attached hydrogen (secondary N) is 2. The van der Waals surface area contributed by atoms with E-state index in [0.717, 1.165) is 42.4 Å². The Bertz CT molecular complexity index is 1760. The predicted molar refractivity (Wildman–Crippen MR) is 192 cm³/mol. The lowest BCUT2D eigenvalue weighted by Crippen LogP contribution is -2.46. The van der Waals surface area contributed by atoms with Crippen LogP contribution in [0.4, 0.5) is 10.5 Å². The maximum absolute atomic E-state index is 14.5. The molecule has 1 aromatic heterocycles. The number of amides is 4. The number of rotatable bonds is 13. The van der Waals surface area contributed by atoms with Gasteiger partial charge in [-0.3, -0.25) is 9.59 Å². The standard InChI is InChI=1S/C38H45ClN6O4/c1-4-6-18-43(19-7-5-2)37(48)34-20-26(3)45(42-34)35-17-16-31(41-38(49)40-23-27-12-14-30(39)15-13-27)22-33(35)36(47)44-24-29-11-9-8-10-28(29)21-32(44)25-46/h8-17,20,22,32,46H,4-7,18-19,21,23-25H2,1-3H3,(H2,40,41,49). The number of aliphatic hydroxyl groups is 1. The lowest BCUT2D eigenvalue weighted by atomic mass is 9.93. The number of aryl methyl sites for hydroxylation is 1. The first kappa shape index (κ1) is 35.6. The van der Waals surface area contributed by atoms with Crippen LogP contribution in [-0.2, 0) is 19.5 Å². The van der Waals surface area contributed by atoms with Crippen LogP contribution in [0.15, 0.2) is 72.8 Å². The van der Waals surface area contributed by atoms with Gasteiger partial charge in [-0.1, -0.05) is 74.7 Å². The molecule has 0 saturated carbocycles. The van der Waals surface area contributed by atoms with Crippen LogP contribution in [0.25, 0.3) is 5.69 Å². The third-order valence-electron chi connectivity index (χ3n) is 8.86. The molecule has 11 heteroatoms. The molecule has 2 heterocycles. The van der Waals surface area contributed by atoms with E-state index in [1.165, 1.54) is 0 Å². The molecule has 1 aliphatic heterocycles. The summed E-state index contributed by atoms with van der Waals surface area (Å²) in [6.45, 7) is 7.78. The van der Waals surface area contributed by atoms with E-state index in [2.05, 4.69) is 24.5 Å². The zero-order valence-electron chi connectivity index (χ0n) is 28.4. The first-order chi connectivity index (χ1) is 23.7. The van der Waals surface area contributed by atoms with Crippen LogP contribution >= 0.6 is 11.6 Å². The summed E-state index contributed by atoms with van der Waals surface area (Å²) in [5.41, 5.74) is 5.16. The minimum absolute atomic E-state index is 0.139. The van der Waals surface area contributed by atoms with E-state index < -0.39 is 12.1 Å². The van der Waals surface area contributed by atoms with Gasteiger partial charge in [-0.15, -0.1) is 0 Å². The molecule has 1 atom stereocenters. The van der Waals surface area contributed by atoms with E-state index in [1.54, 1.807) is 46.0 Å². The van der Waals surface area contributed by atoms with Crippen molar-refractivity contribution in [3.63, 3.8) is 0 Å². The molecular weight excluding hydrogens is 640 g/mol. The Morgan fingerprint density at radius 2 is 1.65 bits per heavy atom. The number of urea groups is 1. The highest BCUT2D eigenvalue weighted by Gasteiger charge is 2.32. The molecule has 5 rings (SSSR count). The summed E-state index contributed by atoms with van der Waals surface area (Å²) >= 11 is 5.99. The van der Waals surface area contributed by atoms with Gasteiger partial charge in [-0.2, -0.15) is 5.10 Å². The largest absolute Gasteiger partial charge is 0.394 e. The Hall–Kier alpha value is -4.67. The summed E-state index contributed by atoms with van der Waals surface area (Å²) in [5.74, 6) is -0.454. The summed E-state index contributed by atoms with van der Waals surface area (Å²) in [5, 5.41) is 21.4. The molecule has 3 N–H and O–H groups in total. The van der Waals surface area contributed by atoms with E-state index in [-0.39, 0.29) is 30.5 Å². The maximum Gasteiger partial charge on any atom is 0.319 e. The van der Waals surface area contributed by atoms with Gasteiger partial charge in [0.15, 0.2) is 5.69 Å². The Morgan fingerprint density at radius 1 is 0.959 bits per heavy atom. The molecule has 10 nitrogen and oxygen atoms in total. The van der Waals surface area contributed by atoms with Crippen molar-refractivity contribution >= 4 is 35.1 Å². The van der Waals surface area contributed by atoms with Crippen molar-refractivity contribution in [2.24, 2.45) is 0 Å². The Labute approximate surface area is 293 Å². The molecule has 0 aliphatic carbocycles. The van der Waals surface area contributed by atoms with Crippen molar-refractivity contribution < 1.29 is 19.5 Å². The Balaban J connectivity index is 1.48. The number of carbonyl (C=O) groups is 3. The van der Waals surface area contributed by atoms with E-state index >= 15 is 0 Å². The zero-order chi connectivity index (χ0) is 34.9. The molecule has 0 bridgehead atoms. The monoisotopic (exact) mass is 684 g/mol. The van der Waals surface area contributed by atoms with Gasteiger partial charge < -0.3 is 25.5 Å². The second-order valence-electron chi connectivity index (χ2n) is 12.5. The lowest BCUT2D eigenvalue weighted by molar-refractivity contribution is 0.0544. The number of carbonyl (C=O) groups excluding carboxylic acids is 3. The molecule has 1 aliphatic rings. The average molecular weight is 685 g/mol. The smallest absolute Gasteiger partial charge is 0.319 e. The predicted octanol–water partition coefficient (Wildman–Crippen LogP) is 6.76. The van der Waals surface area contributed by atoms with E-state index in [0.29, 0.717) is 53.8 Å². The highest BCUT2D eigenvalue weighted by atomic mass is 35.5. The number of unbranched alkanes of at least 4 members (excludes halogenated alkanes) is 2. The van der Waals surface area contributed by atoms with Gasteiger partial charge in [0, 0.05) is 42.6 Å². The molecule has 0 radical (unpaired) electrons. The summed E-state index contributed by atoms with van der Waals surface area (Å²) in [4.78, 5) is 44.6. The van der Waals surface area contributed by atoms with Crippen LogP contribution in [-0.4, -0.2) is 68.3 Å². The van der Waals surface area contributed by atoms with Crippen molar-refractivity contribution in [2.45, 2.75) is 72.0 Å². The van der Waals surface area contributed by atoms with Crippen LogP contribution in [0.3, 0.4) is 0 Å². The Kier molecular flexibility index (Phi) is 12.1. The average Bonchev–Trinajstić information content (AvgIpc) is 3.51. The van der Waals surface area contributed by atoms with Gasteiger partial charge in [-0.05, 0) is 79.3 Å². The number of aromatic nitrogens is 2. The molecule has 4 amide bonds. The number of halogens is 1. The van der Waals surface area contributed by atoms with Gasteiger partial charge in [0.05, 0.1) is 23.9 Å². The molecule has 1 unspecified atom stereocenters. The molecule has 0 spiro atoms. The third kappa shape index (κ3) is 8.68. The minimum Gasteiger partial charge on any atom is -0.394 e. The number of fused-ring (bicyclic) bond motifs is 1. The summed E-state index contributed by atoms with van der Waals surface area (Å²) in [7, 11) is 0. The summed E-state index contributed by atoms with van der Waals surface area (Å²) < 4.78 is 1.62. The molecule has 49 heavy (non-hydrogen) atoms. The number of benzene rings is 3. The van der Waals surface area contributed by atoms with Crippen molar-refractivity contribution in [3.8, 4) is 5.69 Å². The molecule has 3 aromatic carbocycles. The second-order valence-corrected chi connectivity index (χ2v) is 12.9. The second kappa shape index (κ2) is 16.6. The first-order valence-electron chi connectivity index (χ1n) is 17.0. The minimum atomic E-state index is -0.441. The lowest BCUT2D eigenvalue weighted by Gasteiger charge is -2.36.